The topological polar surface area (TPSA) is 175 Å². The van der Waals surface area contributed by atoms with Crippen molar-refractivity contribution >= 4 is 85.0 Å². The Kier molecular flexibility index (Phi) is 15.6. The van der Waals surface area contributed by atoms with Crippen molar-refractivity contribution < 1.29 is 10.2 Å². The van der Waals surface area contributed by atoms with Crippen LogP contribution < -0.4 is 22.5 Å². The number of alkyl halides is 1. The SMILES string of the molecule is CCCSc1nc2c(c(=O)[nH]c(=O)n2C)n1Cc1ccc(Cl)cc1.CCCSc1nc2c(c(=O)n(CCC3(O)CC3)c(=O)n2C)n1Cc1ccc(Cl)cc1.OC1(CCBr)CC1. The summed E-state index contributed by atoms with van der Waals surface area (Å²) in [5.41, 5.74) is 0.980. The first-order valence-corrected chi connectivity index (χ1v) is 24.1. The van der Waals surface area contributed by atoms with Gasteiger partial charge in [0.15, 0.2) is 32.6 Å². The Hall–Kier alpha value is -3.58. The summed E-state index contributed by atoms with van der Waals surface area (Å²) >= 11 is 18.4. The number of halogens is 3. The molecule has 2 saturated carbocycles. The highest BCUT2D eigenvalue weighted by molar-refractivity contribution is 9.09. The number of benzene rings is 2. The molecule has 0 saturated heterocycles. The standard InChI is InChI=1S/C21H25ClN4O3S.C16H17ClN4O2S.C5H9BrO/c1-3-12-30-19-23-17-16(26(19)13-14-4-6-15(22)7-5-14)18(27)25(20(28)24(17)2)11-10-21(29)8-9-21;1-3-8-24-16-18-13-12(14(22)19-15(23)20(13)2)21(16)9-10-4-6-11(17)7-5-10;6-4-3-5(7)1-2-5/h4-7,29H,3,8-13H2,1-2H3;4-7H,3,8-9H2,1-2H3,(H,19,22,23);7H,1-4H2. The molecule has 0 atom stereocenters. The van der Waals surface area contributed by atoms with Gasteiger partial charge in [0, 0.05) is 47.5 Å². The van der Waals surface area contributed by atoms with E-state index in [0.29, 0.717) is 57.0 Å². The third-order valence-electron chi connectivity index (χ3n) is 10.6. The van der Waals surface area contributed by atoms with Crippen LogP contribution in [0, 0.1) is 0 Å². The van der Waals surface area contributed by atoms with E-state index in [1.54, 1.807) is 37.6 Å². The molecule has 8 rings (SSSR count). The molecule has 2 aliphatic carbocycles. The minimum atomic E-state index is -0.731. The van der Waals surface area contributed by atoms with Crippen LogP contribution in [-0.4, -0.2) is 76.0 Å². The molecule has 3 N–H and O–H groups in total. The summed E-state index contributed by atoms with van der Waals surface area (Å²) in [5.74, 6) is 1.74. The predicted molar refractivity (Wildman–Crippen MR) is 249 cm³/mol. The van der Waals surface area contributed by atoms with Crippen LogP contribution >= 0.6 is 62.7 Å². The lowest BCUT2D eigenvalue weighted by atomic mass is 10.2. The normalized spacial score (nSPS) is 14.7. The zero-order valence-corrected chi connectivity index (χ0v) is 39.4. The van der Waals surface area contributed by atoms with Gasteiger partial charge in [0.25, 0.3) is 11.1 Å². The number of aliphatic hydroxyl groups is 2. The van der Waals surface area contributed by atoms with E-state index < -0.39 is 22.5 Å². The van der Waals surface area contributed by atoms with Crippen molar-refractivity contribution in [3.63, 3.8) is 0 Å². The van der Waals surface area contributed by atoms with E-state index in [2.05, 4.69) is 44.7 Å². The third kappa shape index (κ3) is 11.5. The third-order valence-corrected chi connectivity index (χ3v) is 13.8. The summed E-state index contributed by atoms with van der Waals surface area (Å²) < 4.78 is 7.78. The van der Waals surface area contributed by atoms with Gasteiger partial charge in [-0.2, -0.15) is 0 Å². The largest absolute Gasteiger partial charge is 0.390 e. The highest BCUT2D eigenvalue weighted by Crippen LogP contribution is 2.39. The Bertz CT molecular complexity index is 2720. The molecule has 0 amide bonds. The van der Waals surface area contributed by atoms with E-state index in [-0.39, 0.29) is 17.7 Å². The lowest BCUT2D eigenvalue weighted by Crippen LogP contribution is -2.40. The van der Waals surface area contributed by atoms with Gasteiger partial charge in [0.1, 0.15) is 0 Å². The monoisotopic (exact) mass is 976 g/mol. The number of fused-ring (bicyclic) bond motifs is 2. The number of aromatic nitrogens is 8. The molecule has 0 aliphatic heterocycles. The van der Waals surface area contributed by atoms with Gasteiger partial charge < -0.3 is 19.3 Å². The molecular weight excluding hydrogens is 927 g/mol. The van der Waals surface area contributed by atoms with E-state index >= 15 is 0 Å². The van der Waals surface area contributed by atoms with Crippen molar-refractivity contribution in [1.29, 1.82) is 0 Å². The van der Waals surface area contributed by atoms with Crippen LogP contribution in [0.3, 0.4) is 0 Å². The number of aryl methyl sites for hydroxylation is 2. The Morgan fingerprint density at radius 1 is 0.705 bits per heavy atom. The summed E-state index contributed by atoms with van der Waals surface area (Å²) in [7, 11) is 3.24. The molecule has 0 bridgehead atoms. The number of imidazole rings is 2. The molecule has 4 aromatic heterocycles. The summed E-state index contributed by atoms with van der Waals surface area (Å²) in [6.07, 6.45) is 6.74. The Labute approximate surface area is 379 Å². The molecular formula is C42H51BrCl2N8O6S2. The minimum Gasteiger partial charge on any atom is -0.390 e. The minimum absolute atomic E-state index is 0.196. The second-order valence-electron chi connectivity index (χ2n) is 15.5. The van der Waals surface area contributed by atoms with Gasteiger partial charge in [-0.3, -0.25) is 28.3 Å². The van der Waals surface area contributed by atoms with Gasteiger partial charge in [-0.05, 0) is 86.8 Å². The number of H-pyrrole nitrogens is 1. The summed E-state index contributed by atoms with van der Waals surface area (Å²) in [6.45, 7) is 5.31. The maximum Gasteiger partial charge on any atom is 0.332 e. The van der Waals surface area contributed by atoms with Gasteiger partial charge in [0.2, 0.25) is 0 Å². The number of nitrogens with zero attached hydrogens (tertiary/aromatic N) is 7. The zero-order valence-electron chi connectivity index (χ0n) is 34.6. The lowest BCUT2D eigenvalue weighted by molar-refractivity contribution is 0.133. The number of hydrogen-bond donors (Lipinski definition) is 3. The molecule has 4 heterocycles. The van der Waals surface area contributed by atoms with Gasteiger partial charge in [-0.25, -0.2) is 19.6 Å². The maximum absolute atomic E-state index is 13.4. The van der Waals surface area contributed by atoms with E-state index in [1.165, 1.54) is 13.7 Å². The van der Waals surface area contributed by atoms with Crippen LogP contribution in [0.1, 0.15) is 76.3 Å². The zero-order chi connectivity index (χ0) is 44.1. The number of nitrogens with one attached hydrogen (secondary N) is 1. The number of thioether (sulfide) groups is 2. The molecule has 328 valence electrons. The van der Waals surface area contributed by atoms with Gasteiger partial charge in [-0.1, -0.05) is 101 Å². The van der Waals surface area contributed by atoms with Crippen LogP contribution in [0.2, 0.25) is 10.0 Å². The fourth-order valence-corrected chi connectivity index (χ4v) is 9.18. The van der Waals surface area contributed by atoms with Gasteiger partial charge in [-0.15, -0.1) is 0 Å². The lowest BCUT2D eigenvalue weighted by Gasteiger charge is -2.12. The maximum atomic E-state index is 13.4. The molecule has 0 radical (unpaired) electrons. The van der Waals surface area contributed by atoms with Crippen LogP contribution in [0.5, 0.6) is 0 Å². The highest BCUT2D eigenvalue weighted by Gasteiger charge is 2.40. The van der Waals surface area contributed by atoms with Crippen molar-refractivity contribution in [2.45, 2.75) is 106 Å². The van der Waals surface area contributed by atoms with Gasteiger partial charge in [0.05, 0.1) is 24.3 Å². The molecule has 6 aromatic rings. The molecule has 0 spiro atoms. The number of aromatic amines is 1. The van der Waals surface area contributed by atoms with Crippen molar-refractivity contribution in [2.24, 2.45) is 14.1 Å². The smallest absolute Gasteiger partial charge is 0.332 e. The summed E-state index contributed by atoms with van der Waals surface area (Å²) in [6, 6.07) is 14.9. The summed E-state index contributed by atoms with van der Waals surface area (Å²) in [5, 5.41) is 23.0. The first kappa shape index (κ1) is 46.9. The molecule has 2 fully saturated rings. The van der Waals surface area contributed by atoms with Crippen molar-refractivity contribution in [2.75, 3.05) is 16.8 Å². The van der Waals surface area contributed by atoms with E-state index in [4.69, 9.17) is 28.3 Å². The quantitative estimate of drug-likeness (QED) is 0.0723. The average molecular weight is 979 g/mol. The average Bonchev–Trinajstić information content (AvgIpc) is 4.08. The second-order valence-corrected chi connectivity index (χ2v) is 19.3. The molecule has 2 aliphatic rings. The van der Waals surface area contributed by atoms with E-state index in [0.717, 1.165) is 78.1 Å². The Morgan fingerprint density at radius 2 is 1.16 bits per heavy atom. The fraction of sp³-hybridized carbons (Fsp3) is 0.476. The molecule has 19 heteroatoms. The van der Waals surface area contributed by atoms with Crippen LogP contribution in [-0.2, 0) is 33.7 Å². The van der Waals surface area contributed by atoms with Crippen molar-refractivity contribution in [3.05, 3.63) is 111 Å². The first-order valence-electron chi connectivity index (χ1n) is 20.3. The predicted octanol–water partition coefficient (Wildman–Crippen LogP) is 6.94. The number of rotatable bonds is 15. The Morgan fingerprint density at radius 3 is 1.61 bits per heavy atom. The van der Waals surface area contributed by atoms with Crippen molar-refractivity contribution in [1.82, 2.24) is 37.8 Å². The fourth-order valence-electron chi connectivity index (χ4n) is 6.49. The van der Waals surface area contributed by atoms with E-state index in [1.807, 2.05) is 57.7 Å². The first-order chi connectivity index (χ1) is 29.1. The molecule has 2 aromatic carbocycles. The highest BCUT2D eigenvalue weighted by atomic mass is 79.9. The van der Waals surface area contributed by atoms with Crippen LogP contribution in [0.4, 0.5) is 0 Å². The Balaban J connectivity index is 0.000000179. The molecule has 14 nitrogen and oxygen atoms in total. The van der Waals surface area contributed by atoms with Crippen LogP contribution in [0.15, 0.2) is 78.0 Å². The molecule has 61 heavy (non-hydrogen) atoms. The van der Waals surface area contributed by atoms with E-state index in [9.17, 15) is 24.3 Å². The number of hydrogen-bond acceptors (Lipinski definition) is 10. The molecule has 0 unspecified atom stereocenters. The van der Waals surface area contributed by atoms with Crippen LogP contribution in [0.25, 0.3) is 22.3 Å². The van der Waals surface area contributed by atoms with Crippen molar-refractivity contribution in [3.8, 4) is 0 Å². The second kappa shape index (κ2) is 20.3. The summed E-state index contributed by atoms with van der Waals surface area (Å²) in [4.78, 5) is 61.9. The van der Waals surface area contributed by atoms with Gasteiger partial charge >= 0.3 is 11.4 Å².